The van der Waals surface area contributed by atoms with Crippen molar-refractivity contribution < 1.29 is 9.53 Å². The molecule has 2 nitrogen and oxygen atoms in total. The zero-order chi connectivity index (χ0) is 10.8. The molecule has 1 atom stereocenters. The first-order valence-electron chi connectivity index (χ1n) is 5.44. The van der Waals surface area contributed by atoms with Crippen LogP contribution in [0.25, 0.3) is 0 Å². The Labute approximate surface area is 101 Å². The van der Waals surface area contributed by atoms with E-state index in [1.165, 1.54) is 39.2 Å². The molecule has 0 radical (unpaired) electrons. The van der Waals surface area contributed by atoms with Crippen molar-refractivity contribution in [3.8, 4) is 0 Å². The number of methoxy groups -OCH3 is 1. The third-order valence-electron chi connectivity index (χ3n) is 2.27. The summed E-state index contributed by atoms with van der Waals surface area (Å²) in [6, 6.07) is 0. The third-order valence-corrected chi connectivity index (χ3v) is 3.40. The van der Waals surface area contributed by atoms with Crippen LogP contribution in [0.15, 0.2) is 0 Å². The largest absolute Gasteiger partial charge is 0.468 e. The average molecular weight is 312 g/mol. The SMILES string of the molecule is CCCCCCCCC(I)C(=O)OC. The minimum Gasteiger partial charge on any atom is -0.468 e. The molecule has 0 bridgehead atoms. The second-order valence-electron chi connectivity index (χ2n) is 3.55. The van der Waals surface area contributed by atoms with Crippen molar-refractivity contribution in [2.24, 2.45) is 0 Å². The van der Waals surface area contributed by atoms with E-state index in [1.54, 1.807) is 0 Å². The normalized spacial score (nSPS) is 12.5. The molecule has 0 spiro atoms. The molecule has 0 rings (SSSR count). The average Bonchev–Trinajstić information content (AvgIpc) is 2.21. The van der Waals surface area contributed by atoms with Gasteiger partial charge in [0.2, 0.25) is 0 Å². The molecular formula is C11H21IO2. The van der Waals surface area contributed by atoms with Crippen LogP contribution in [0.3, 0.4) is 0 Å². The minimum atomic E-state index is -0.0841. The lowest BCUT2D eigenvalue weighted by molar-refractivity contribution is -0.139. The van der Waals surface area contributed by atoms with Crippen molar-refractivity contribution in [2.75, 3.05) is 7.11 Å². The fraction of sp³-hybridized carbons (Fsp3) is 0.909. The lowest BCUT2D eigenvalue weighted by atomic mass is 10.1. The number of rotatable bonds is 8. The summed E-state index contributed by atoms with van der Waals surface area (Å²) in [6.45, 7) is 2.22. The Hall–Kier alpha value is 0.200. The van der Waals surface area contributed by atoms with E-state index in [0.717, 1.165) is 12.8 Å². The Morgan fingerprint density at radius 1 is 1.21 bits per heavy atom. The number of halogens is 1. The molecule has 3 heteroatoms. The zero-order valence-corrected chi connectivity index (χ0v) is 11.4. The molecule has 0 saturated carbocycles. The van der Waals surface area contributed by atoms with Crippen molar-refractivity contribution in [2.45, 2.75) is 55.8 Å². The van der Waals surface area contributed by atoms with Crippen LogP contribution in [0.1, 0.15) is 51.9 Å². The van der Waals surface area contributed by atoms with Gasteiger partial charge in [-0.15, -0.1) is 0 Å². The molecule has 0 fully saturated rings. The number of ether oxygens (including phenoxy) is 1. The summed E-state index contributed by atoms with van der Waals surface area (Å²) in [6.07, 6.45) is 8.61. The van der Waals surface area contributed by atoms with Crippen LogP contribution in [0.5, 0.6) is 0 Å². The van der Waals surface area contributed by atoms with Crippen LogP contribution >= 0.6 is 22.6 Å². The highest BCUT2D eigenvalue weighted by Crippen LogP contribution is 2.14. The molecule has 0 aliphatic heterocycles. The van der Waals surface area contributed by atoms with Crippen LogP contribution in [0, 0.1) is 0 Å². The lowest BCUT2D eigenvalue weighted by Gasteiger charge is -2.06. The van der Waals surface area contributed by atoms with Crippen LogP contribution in [-0.2, 0) is 9.53 Å². The summed E-state index contributed by atoms with van der Waals surface area (Å²) in [7, 11) is 1.45. The summed E-state index contributed by atoms with van der Waals surface area (Å²) < 4.78 is 4.71. The van der Waals surface area contributed by atoms with Crippen molar-refractivity contribution in [1.29, 1.82) is 0 Å². The first-order chi connectivity index (χ1) is 6.72. The van der Waals surface area contributed by atoms with Gasteiger partial charge in [-0.05, 0) is 6.42 Å². The molecule has 14 heavy (non-hydrogen) atoms. The number of carbonyl (C=O) groups is 1. The van der Waals surface area contributed by atoms with Gasteiger partial charge < -0.3 is 4.74 Å². The number of carbonyl (C=O) groups excluding carboxylic acids is 1. The van der Waals surface area contributed by atoms with E-state index in [-0.39, 0.29) is 9.89 Å². The Balaban J connectivity index is 3.23. The summed E-state index contributed by atoms with van der Waals surface area (Å²) in [5, 5.41) is 0. The molecule has 0 N–H and O–H groups in total. The number of hydrogen-bond acceptors (Lipinski definition) is 2. The highest BCUT2D eigenvalue weighted by molar-refractivity contribution is 14.1. The maximum atomic E-state index is 11.0. The molecular weight excluding hydrogens is 291 g/mol. The van der Waals surface area contributed by atoms with Gasteiger partial charge in [-0.2, -0.15) is 0 Å². The van der Waals surface area contributed by atoms with Crippen LogP contribution in [-0.4, -0.2) is 17.0 Å². The van der Waals surface area contributed by atoms with Crippen molar-refractivity contribution in [3.63, 3.8) is 0 Å². The van der Waals surface area contributed by atoms with E-state index in [1.807, 2.05) is 0 Å². The lowest BCUT2D eigenvalue weighted by Crippen LogP contribution is -2.14. The first-order valence-corrected chi connectivity index (χ1v) is 6.68. The predicted molar refractivity (Wildman–Crippen MR) is 67.8 cm³/mol. The molecule has 0 aliphatic carbocycles. The van der Waals surface area contributed by atoms with Gasteiger partial charge in [0.1, 0.15) is 3.92 Å². The molecule has 0 aromatic heterocycles. The van der Waals surface area contributed by atoms with Gasteiger partial charge in [-0.1, -0.05) is 68.0 Å². The molecule has 0 heterocycles. The third kappa shape index (κ3) is 7.59. The number of esters is 1. The number of unbranched alkanes of at least 4 members (excludes halogenated alkanes) is 5. The summed E-state index contributed by atoms with van der Waals surface area (Å²) in [5.74, 6) is -0.0841. The highest BCUT2D eigenvalue weighted by Gasteiger charge is 2.13. The zero-order valence-electron chi connectivity index (χ0n) is 9.22. The van der Waals surface area contributed by atoms with Gasteiger partial charge in [0.15, 0.2) is 0 Å². The van der Waals surface area contributed by atoms with Gasteiger partial charge in [-0.3, -0.25) is 4.79 Å². The number of hydrogen-bond donors (Lipinski definition) is 0. The summed E-state index contributed by atoms with van der Waals surface area (Å²) in [5.41, 5.74) is 0. The monoisotopic (exact) mass is 312 g/mol. The second kappa shape index (κ2) is 9.74. The quantitative estimate of drug-likeness (QED) is 0.295. The Morgan fingerprint density at radius 2 is 1.79 bits per heavy atom. The molecule has 0 aliphatic rings. The Bertz CT molecular complexity index is 148. The molecule has 84 valence electrons. The highest BCUT2D eigenvalue weighted by atomic mass is 127. The fourth-order valence-corrected chi connectivity index (χ4v) is 2.04. The van der Waals surface area contributed by atoms with Crippen molar-refractivity contribution in [1.82, 2.24) is 0 Å². The van der Waals surface area contributed by atoms with E-state index in [2.05, 4.69) is 34.3 Å². The van der Waals surface area contributed by atoms with Crippen LogP contribution in [0.4, 0.5) is 0 Å². The molecule has 0 amide bonds. The standard InChI is InChI=1S/C11H21IO2/c1-3-4-5-6-7-8-9-10(12)11(13)14-2/h10H,3-9H2,1-2H3. The van der Waals surface area contributed by atoms with Gasteiger partial charge in [0.25, 0.3) is 0 Å². The smallest absolute Gasteiger partial charge is 0.318 e. The van der Waals surface area contributed by atoms with Gasteiger partial charge in [0.05, 0.1) is 7.11 Å². The Kier molecular flexibility index (Phi) is 9.88. The van der Waals surface area contributed by atoms with Crippen molar-refractivity contribution in [3.05, 3.63) is 0 Å². The summed E-state index contributed by atoms with van der Waals surface area (Å²) >= 11 is 2.16. The van der Waals surface area contributed by atoms with Crippen molar-refractivity contribution >= 4 is 28.6 Å². The van der Waals surface area contributed by atoms with E-state index in [4.69, 9.17) is 0 Å². The first kappa shape index (κ1) is 14.2. The topological polar surface area (TPSA) is 26.3 Å². The minimum absolute atomic E-state index is 0.0452. The maximum Gasteiger partial charge on any atom is 0.318 e. The van der Waals surface area contributed by atoms with E-state index < -0.39 is 0 Å². The van der Waals surface area contributed by atoms with Gasteiger partial charge in [-0.25, -0.2) is 0 Å². The van der Waals surface area contributed by atoms with Gasteiger partial charge >= 0.3 is 5.97 Å². The summed E-state index contributed by atoms with van der Waals surface area (Å²) in [4.78, 5) is 11.0. The molecule has 0 aromatic carbocycles. The second-order valence-corrected chi connectivity index (χ2v) is 5.05. The van der Waals surface area contributed by atoms with E-state index in [0.29, 0.717) is 0 Å². The van der Waals surface area contributed by atoms with Gasteiger partial charge in [0, 0.05) is 0 Å². The molecule has 1 unspecified atom stereocenters. The maximum absolute atomic E-state index is 11.0. The van der Waals surface area contributed by atoms with E-state index >= 15 is 0 Å². The molecule has 0 saturated heterocycles. The fourth-order valence-electron chi connectivity index (χ4n) is 1.35. The van der Waals surface area contributed by atoms with Crippen LogP contribution < -0.4 is 0 Å². The number of alkyl halides is 1. The van der Waals surface area contributed by atoms with E-state index in [9.17, 15) is 4.79 Å². The predicted octanol–water partition coefficient (Wildman–Crippen LogP) is 3.71. The molecule has 0 aromatic rings. The van der Waals surface area contributed by atoms with Crippen LogP contribution in [0.2, 0.25) is 0 Å². The Morgan fingerprint density at radius 3 is 2.36 bits per heavy atom.